The molecule has 2 atom stereocenters. The van der Waals surface area contributed by atoms with E-state index in [1.54, 1.807) is 24.3 Å². The quantitative estimate of drug-likeness (QED) is 0.298. The molecule has 6 rings (SSSR count). The maximum Gasteiger partial charge on any atom is 0.205 e. The Bertz CT molecular complexity index is 1650. The summed E-state index contributed by atoms with van der Waals surface area (Å²) in [5.41, 5.74) is 16.5. The Labute approximate surface area is 228 Å². The van der Waals surface area contributed by atoms with Crippen LogP contribution in [-0.4, -0.2) is 0 Å². The van der Waals surface area contributed by atoms with Gasteiger partial charge < -0.3 is 20.9 Å². The summed E-state index contributed by atoms with van der Waals surface area (Å²) >= 11 is 12.2. The van der Waals surface area contributed by atoms with Gasteiger partial charge in [0.1, 0.15) is 34.8 Å². The van der Waals surface area contributed by atoms with Crippen molar-refractivity contribution in [2.75, 3.05) is 0 Å². The van der Waals surface area contributed by atoms with E-state index in [9.17, 15) is 10.5 Å². The molecule has 2 heterocycles. The zero-order valence-electron chi connectivity index (χ0n) is 19.7. The fourth-order valence-electron chi connectivity index (χ4n) is 5.23. The zero-order chi connectivity index (χ0) is 26.6. The van der Waals surface area contributed by atoms with Gasteiger partial charge >= 0.3 is 0 Å². The number of halogens is 2. The molecule has 0 radical (unpaired) electrons. The Kier molecular flexibility index (Phi) is 5.65. The lowest BCUT2D eigenvalue weighted by Gasteiger charge is -2.30. The van der Waals surface area contributed by atoms with Gasteiger partial charge in [0.05, 0.1) is 11.8 Å². The first-order chi connectivity index (χ1) is 18.4. The average Bonchev–Trinajstić information content (AvgIpc) is 2.92. The third-order valence-corrected chi connectivity index (χ3v) is 7.47. The molecule has 2 aliphatic rings. The molecule has 4 N–H and O–H groups in total. The summed E-state index contributed by atoms with van der Waals surface area (Å²) in [4.78, 5) is 0. The number of rotatable bonds is 2. The maximum atomic E-state index is 9.91. The van der Waals surface area contributed by atoms with Gasteiger partial charge in [0.2, 0.25) is 11.8 Å². The summed E-state index contributed by atoms with van der Waals surface area (Å²) < 4.78 is 12.1. The normalized spacial score (nSPS) is 18.1. The molecular weight excluding hydrogens is 519 g/mol. The van der Waals surface area contributed by atoms with E-state index in [-0.39, 0.29) is 11.8 Å². The van der Waals surface area contributed by atoms with Crippen molar-refractivity contribution in [3.63, 3.8) is 0 Å². The molecule has 0 saturated carbocycles. The van der Waals surface area contributed by atoms with Gasteiger partial charge in [0.25, 0.3) is 0 Å². The summed E-state index contributed by atoms with van der Waals surface area (Å²) in [6.07, 6.45) is 0. The van der Waals surface area contributed by atoms with Crippen LogP contribution in [0.1, 0.15) is 34.1 Å². The zero-order valence-corrected chi connectivity index (χ0v) is 21.2. The molecule has 184 valence electrons. The van der Waals surface area contributed by atoms with Crippen LogP contribution in [0.4, 0.5) is 0 Å². The van der Waals surface area contributed by atoms with Crippen LogP contribution in [0.25, 0.3) is 10.8 Å². The van der Waals surface area contributed by atoms with Crippen LogP contribution in [0.2, 0.25) is 10.0 Å². The highest BCUT2D eigenvalue weighted by atomic mass is 35.5. The van der Waals surface area contributed by atoms with Crippen LogP contribution in [0.5, 0.6) is 11.5 Å². The van der Waals surface area contributed by atoms with Gasteiger partial charge in [-0.05, 0) is 35.4 Å². The predicted octanol–water partition coefficient (Wildman–Crippen LogP) is 6.58. The second-order valence-corrected chi connectivity index (χ2v) is 9.89. The van der Waals surface area contributed by atoms with E-state index >= 15 is 0 Å². The lowest BCUT2D eigenvalue weighted by Crippen LogP contribution is -2.22. The molecule has 2 aliphatic heterocycles. The Balaban J connectivity index is 1.57. The highest BCUT2D eigenvalue weighted by molar-refractivity contribution is 6.30. The minimum atomic E-state index is -0.431. The third-order valence-electron chi connectivity index (χ3n) is 6.96. The Morgan fingerprint density at radius 1 is 0.579 bits per heavy atom. The van der Waals surface area contributed by atoms with Crippen molar-refractivity contribution >= 4 is 34.0 Å². The second kappa shape index (κ2) is 9.04. The van der Waals surface area contributed by atoms with Gasteiger partial charge in [-0.1, -0.05) is 71.7 Å². The number of nitriles is 2. The first kappa shape index (κ1) is 23.8. The topological polar surface area (TPSA) is 118 Å². The van der Waals surface area contributed by atoms with E-state index in [1.165, 1.54) is 0 Å². The van der Waals surface area contributed by atoms with Crippen molar-refractivity contribution in [3.8, 4) is 23.6 Å². The Morgan fingerprint density at radius 2 is 0.947 bits per heavy atom. The average molecular weight is 537 g/mol. The minimum absolute atomic E-state index is 0.0382. The molecule has 0 saturated heterocycles. The second-order valence-electron chi connectivity index (χ2n) is 9.02. The molecule has 2 unspecified atom stereocenters. The predicted molar refractivity (Wildman–Crippen MR) is 145 cm³/mol. The molecule has 0 aliphatic carbocycles. The van der Waals surface area contributed by atoms with Crippen molar-refractivity contribution in [1.29, 1.82) is 10.5 Å². The maximum absolute atomic E-state index is 9.91. The number of benzene rings is 4. The summed E-state index contributed by atoms with van der Waals surface area (Å²) in [5, 5.41) is 22.5. The van der Waals surface area contributed by atoms with Crippen LogP contribution in [0.15, 0.2) is 95.7 Å². The van der Waals surface area contributed by atoms with E-state index in [4.69, 9.17) is 44.1 Å². The molecule has 38 heavy (non-hydrogen) atoms. The van der Waals surface area contributed by atoms with Crippen molar-refractivity contribution in [2.45, 2.75) is 11.8 Å². The highest BCUT2D eigenvalue weighted by Crippen LogP contribution is 2.50. The smallest absolute Gasteiger partial charge is 0.205 e. The van der Waals surface area contributed by atoms with Gasteiger partial charge in [-0.25, -0.2) is 0 Å². The first-order valence-electron chi connectivity index (χ1n) is 11.7. The Morgan fingerprint density at radius 3 is 1.29 bits per heavy atom. The van der Waals surface area contributed by atoms with E-state index < -0.39 is 11.8 Å². The number of fused-ring (bicyclic) bond motifs is 5. The molecule has 0 fully saturated rings. The molecular formula is C30H18Cl2N4O2. The number of nitrogens with two attached hydrogens (primary N) is 2. The number of hydrogen-bond acceptors (Lipinski definition) is 6. The Hall–Kier alpha value is -4.62. The lowest BCUT2D eigenvalue weighted by molar-refractivity contribution is 0.393. The van der Waals surface area contributed by atoms with Crippen molar-refractivity contribution in [2.24, 2.45) is 11.5 Å². The van der Waals surface area contributed by atoms with E-state index in [0.29, 0.717) is 32.7 Å². The number of allylic oxidation sites excluding steroid dienone is 2. The lowest BCUT2D eigenvalue weighted by atomic mass is 9.80. The summed E-state index contributed by atoms with van der Waals surface area (Å²) in [7, 11) is 0. The third kappa shape index (κ3) is 3.63. The largest absolute Gasteiger partial charge is 0.440 e. The fraction of sp³-hybridized carbons (Fsp3) is 0.0667. The van der Waals surface area contributed by atoms with E-state index in [0.717, 1.165) is 33.0 Å². The van der Waals surface area contributed by atoms with Gasteiger partial charge in [-0.15, -0.1) is 0 Å². The van der Waals surface area contributed by atoms with Gasteiger partial charge in [0.15, 0.2) is 0 Å². The highest BCUT2D eigenvalue weighted by Gasteiger charge is 2.35. The van der Waals surface area contributed by atoms with Gasteiger partial charge in [-0.2, -0.15) is 10.5 Å². The molecule has 0 spiro atoms. The molecule has 4 aromatic rings. The van der Waals surface area contributed by atoms with Gasteiger partial charge in [0, 0.05) is 31.9 Å². The standard InChI is InChI=1S/C30H18Cl2N4O2/c31-17-5-1-15(2-6-17)25-21-11-9-20-19(27(21)37-29(35)23(25)13-33)10-12-22-26(16-3-7-18(32)8-4-16)24(14-34)30(36)38-28(20)22/h1-12,25-26H,35-36H2. The molecule has 4 aromatic carbocycles. The van der Waals surface area contributed by atoms with Gasteiger partial charge in [-0.3, -0.25) is 0 Å². The summed E-state index contributed by atoms with van der Waals surface area (Å²) in [5.74, 6) is 0.273. The minimum Gasteiger partial charge on any atom is -0.440 e. The van der Waals surface area contributed by atoms with E-state index in [1.807, 2.05) is 48.5 Å². The van der Waals surface area contributed by atoms with Crippen LogP contribution in [-0.2, 0) is 0 Å². The molecule has 0 bridgehead atoms. The van der Waals surface area contributed by atoms with Crippen LogP contribution in [0, 0.1) is 22.7 Å². The molecule has 6 nitrogen and oxygen atoms in total. The molecule has 0 amide bonds. The van der Waals surface area contributed by atoms with Crippen molar-refractivity contribution in [1.82, 2.24) is 0 Å². The van der Waals surface area contributed by atoms with Crippen LogP contribution >= 0.6 is 23.2 Å². The summed E-state index contributed by atoms with van der Waals surface area (Å²) in [6.45, 7) is 0. The number of hydrogen-bond donors (Lipinski definition) is 2. The molecule has 0 aromatic heterocycles. The number of ether oxygens (including phenoxy) is 2. The fourth-order valence-corrected chi connectivity index (χ4v) is 5.49. The monoisotopic (exact) mass is 536 g/mol. The molecule has 8 heteroatoms. The number of nitrogens with zero attached hydrogens (tertiary/aromatic N) is 2. The summed E-state index contributed by atoms with van der Waals surface area (Å²) in [6, 6.07) is 26.7. The van der Waals surface area contributed by atoms with Crippen LogP contribution in [0.3, 0.4) is 0 Å². The van der Waals surface area contributed by atoms with E-state index in [2.05, 4.69) is 12.1 Å². The SMILES string of the molecule is N#CC1=C(N)Oc2c(ccc3c4c(ccc23)C(c2ccc(Cl)cc2)C(C#N)=C(N)O4)C1c1ccc(Cl)cc1. The van der Waals surface area contributed by atoms with Crippen LogP contribution < -0.4 is 20.9 Å². The van der Waals surface area contributed by atoms with Crippen molar-refractivity contribution < 1.29 is 9.47 Å². The van der Waals surface area contributed by atoms with Crippen molar-refractivity contribution in [3.05, 3.63) is 128 Å². The first-order valence-corrected chi connectivity index (χ1v) is 12.4.